The van der Waals surface area contributed by atoms with Crippen molar-refractivity contribution in [2.24, 2.45) is 13.0 Å². The van der Waals surface area contributed by atoms with Crippen molar-refractivity contribution in [3.63, 3.8) is 0 Å². The molecule has 0 aliphatic rings. The summed E-state index contributed by atoms with van der Waals surface area (Å²) in [5, 5.41) is 4.40. The maximum Gasteiger partial charge on any atom is 0.179 e. The summed E-state index contributed by atoms with van der Waals surface area (Å²) in [6.45, 7) is 7.40. The van der Waals surface area contributed by atoms with Crippen molar-refractivity contribution < 1.29 is 0 Å². The minimum atomic E-state index is 0.682. The number of aryl methyl sites for hydroxylation is 3. The Hall–Kier alpha value is -1.10. The summed E-state index contributed by atoms with van der Waals surface area (Å²) in [6, 6.07) is 0. The molecule has 4 nitrogen and oxygen atoms in total. The van der Waals surface area contributed by atoms with E-state index in [2.05, 4.69) is 28.5 Å². The van der Waals surface area contributed by atoms with Crippen LogP contribution in [0, 0.1) is 17.6 Å². The fraction of sp³-hybridized carbons (Fsp3) is 0.636. The van der Waals surface area contributed by atoms with Crippen LogP contribution in [0.25, 0.3) is 11.2 Å². The Morgan fingerprint density at radius 3 is 2.75 bits per heavy atom. The van der Waals surface area contributed by atoms with Gasteiger partial charge in [-0.25, -0.2) is 0 Å². The SMILES string of the molecule is Cc1nn(C)c2c1[nH]c(=S)n2CCC(C)C. The highest BCUT2D eigenvalue weighted by Crippen LogP contribution is 2.18. The standard InChI is InChI=1S/C11H18N4S/c1-7(2)5-6-15-10-9(12-11(15)16)8(3)13-14(10)4/h7H,5-6H2,1-4H3,(H,12,16). The predicted octanol–water partition coefficient (Wildman–Crippen LogP) is 2.79. The first-order valence-corrected chi connectivity index (χ1v) is 6.03. The minimum Gasteiger partial charge on any atom is -0.328 e. The lowest BCUT2D eigenvalue weighted by Crippen LogP contribution is -2.05. The van der Waals surface area contributed by atoms with Crippen LogP contribution in [-0.4, -0.2) is 19.3 Å². The molecule has 0 radical (unpaired) electrons. The van der Waals surface area contributed by atoms with Gasteiger partial charge in [0.1, 0.15) is 5.52 Å². The third-order valence-electron chi connectivity index (χ3n) is 2.85. The summed E-state index contributed by atoms with van der Waals surface area (Å²) >= 11 is 5.34. The third-order valence-corrected chi connectivity index (χ3v) is 3.18. The number of hydrogen-bond donors (Lipinski definition) is 1. The van der Waals surface area contributed by atoms with Crippen LogP contribution in [0.2, 0.25) is 0 Å². The second-order valence-electron chi connectivity index (χ2n) is 4.67. The quantitative estimate of drug-likeness (QED) is 0.835. The van der Waals surface area contributed by atoms with Gasteiger partial charge in [0.25, 0.3) is 0 Å². The Bertz CT molecular complexity index is 558. The van der Waals surface area contributed by atoms with Crippen LogP contribution in [0.1, 0.15) is 26.0 Å². The number of fused-ring (bicyclic) bond motifs is 1. The molecule has 0 fully saturated rings. The van der Waals surface area contributed by atoms with E-state index in [1.165, 1.54) is 0 Å². The van der Waals surface area contributed by atoms with Crippen molar-refractivity contribution in [2.75, 3.05) is 0 Å². The molecule has 2 aromatic heterocycles. The summed E-state index contributed by atoms with van der Waals surface area (Å²) in [7, 11) is 1.96. The number of imidazole rings is 1. The van der Waals surface area contributed by atoms with E-state index < -0.39 is 0 Å². The van der Waals surface area contributed by atoms with Gasteiger partial charge in [-0.2, -0.15) is 5.10 Å². The maximum absolute atomic E-state index is 5.34. The van der Waals surface area contributed by atoms with Crippen molar-refractivity contribution in [3.8, 4) is 0 Å². The molecule has 0 aromatic carbocycles. The van der Waals surface area contributed by atoms with Gasteiger partial charge in [0.15, 0.2) is 10.4 Å². The Kier molecular flexibility index (Phi) is 2.88. The third kappa shape index (κ3) is 1.80. The number of hydrogen-bond acceptors (Lipinski definition) is 2. The molecule has 0 aliphatic heterocycles. The summed E-state index contributed by atoms with van der Waals surface area (Å²) in [5.74, 6) is 0.682. The zero-order chi connectivity index (χ0) is 11.9. The number of aromatic nitrogens is 4. The topological polar surface area (TPSA) is 38.5 Å². The van der Waals surface area contributed by atoms with E-state index in [-0.39, 0.29) is 0 Å². The van der Waals surface area contributed by atoms with Gasteiger partial charge in [0, 0.05) is 13.6 Å². The van der Waals surface area contributed by atoms with E-state index >= 15 is 0 Å². The molecule has 88 valence electrons. The molecule has 1 N–H and O–H groups in total. The molecule has 0 saturated heterocycles. The van der Waals surface area contributed by atoms with Gasteiger partial charge in [0.2, 0.25) is 0 Å². The second kappa shape index (κ2) is 4.05. The fourth-order valence-corrected chi connectivity index (χ4v) is 2.25. The minimum absolute atomic E-state index is 0.682. The lowest BCUT2D eigenvalue weighted by atomic mass is 10.1. The Balaban J connectivity index is 2.51. The molecule has 0 atom stereocenters. The maximum atomic E-state index is 5.34. The molecule has 0 saturated carbocycles. The lowest BCUT2D eigenvalue weighted by molar-refractivity contribution is 0.514. The number of nitrogens with zero attached hydrogens (tertiary/aromatic N) is 3. The molecule has 16 heavy (non-hydrogen) atoms. The first kappa shape index (κ1) is 11.4. The Morgan fingerprint density at radius 2 is 2.12 bits per heavy atom. The van der Waals surface area contributed by atoms with Gasteiger partial charge < -0.3 is 9.55 Å². The summed E-state index contributed by atoms with van der Waals surface area (Å²) < 4.78 is 4.84. The number of H-pyrrole nitrogens is 1. The molecule has 0 spiro atoms. The van der Waals surface area contributed by atoms with Crippen LogP contribution in [0.3, 0.4) is 0 Å². The predicted molar refractivity (Wildman–Crippen MR) is 68.1 cm³/mol. The van der Waals surface area contributed by atoms with Crippen molar-refractivity contribution in [1.29, 1.82) is 0 Å². The normalized spacial score (nSPS) is 11.8. The first-order valence-electron chi connectivity index (χ1n) is 5.62. The largest absolute Gasteiger partial charge is 0.328 e. The molecule has 2 heterocycles. The summed E-state index contributed by atoms with van der Waals surface area (Å²) in [6.07, 6.45) is 1.13. The smallest absolute Gasteiger partial charge is 0.179 e. The molecule has 0 unspecified atom stereocenters. The summed E-state index contributed by atoms with van der Waals surface area (Å²) in [4.78, 5) is 3.23. The highest BCUT2D eigenvalue weighted by molar-refractivity contribution is 7.71. The zero-order valence-electron chi connectivity index (χ0n) is 10.2. The van der Waals surface area contributed by atoms with E-state index in [4.69, 9.17) is 12.2 Å². The summed E-state index contributed by atoms with van der Waals surface area (Å²) in [5.41, 5.74) is 3.17. The Labute approximate surface area is 100 Å². The van der Waals surface area contributed by atoms with E-state index in [0.29, 0.717) is 5.92 Å². The fourth-order valence-electron chi connectivity index (χ4n) is 1.97. The van der Waals surface area contributed by atoms with Crippen molar-refractivity contribution in [3.05, 3.63) is 10.5 Å². The Morgan fingerprint density at radius 1 is 1.44 bits per heavy atom. The molecule has 0 bridgehead atoms. The monoisotopic (exact) mass is 238 g/mol. The van der Waals surface area contributed by atoms with Crippen molar-refractivity contribution in [1.82, 2.24) is 19.3 Å². The molecule has 2 rings (SSSR count). The van der Waals surface area contributed by atoms with Gasteiger partial charge in [0.05, 0.1) is 5.69 Å². The van der Waals surface area contributed by atoms with Crippen molar-refractivity contribution in [2.45, 2.75) is 33.7 Å². The molecule has 0 amide bonds. The van der Waals surface area contributed by atoms with E-state index in [1.807, 2.05) is 18.7 Å². The van der Waals surface area contributed by atoms with E-state index in [0.717, 1.165) is 34.6 Å². The highest BCUT2D eigenvalue weighted by atomic mass is 32.1. The van der Waals surface area contributed by atoms with Gasteiger partial charge in [-0.05, 0) is 31.5 Å². The molecular formula is C11H18N4S. The van der Waals surface area contributed by atoms with Gasteiger partial charge >= 0.3 is 0 Å². The lowest BCUT2D eigenvalue weighted by Gasteiger charge is -2.06. The van der Waals surface area contributed by atoms with Crippen LogP contribution in [0.4, 0.5) is 0 Å². The van der Waals surface area contributed by atoms with Crippen LogP contribution >= 0.6 is 12.2 Å². The number of aromatic amines is 1. The average Bonchev–Trinajstić information content (AvgIpc) is 2.63. The van der Waals surface area contributed by atoms with E-state index in [1.54, 1.807) is 0 Å². The van der Waals surface area contributed by atoms with E-state index in [9.17, 15) is 0 Å². The zero-order valence-corrected chi connectivity index (χ0v) is 11.1. The van der Waals surface area contributed by atoms with Gasteiger partial charge in [-0.3, -0.25) is 4.68 Å². The number of nitrogens with one attached hydrogen (secondary N) is 1. The molecular weight excluding hydrogens is 220 g/mol. The highest BCUT2D eigenvalue weighted by Gasteiger charge is 2.12. The van der Waals surface area contributed by atoms with Crippen LogP contribution in [0.15, 0.2) is 0 Å². The average molecular weight is 238 g/mol. The molecule has 2 aromatic rings. The molecule has 5 heteroatoms. The first-order chi connectivity index (χ1) is 7.50. The second-order valence-corrected chi connectivity index (χ2v) is 5.06. The van der Waals surface area contributed by atoms with Crippen LogP contribution in [0.5, 0.6) is 0 Å². The van der Waals surface area contributed by atoms with Gasteiger partial charge in [-0.1, -0.05) is 13.8 Å². The van der Waals surface area contributed by atoms with Crippen LogP contribution in [-0.2, 0) is 13.6 Å². The van der Waals surface area contributed by atoms with Crippen molar-refractivity contribution >= 4 is 23.4 Å². The van der Waals surface area contributed by atoms with Gasteiger partial charge in [-0.15, -0.1) is 0 Å². The van der Waals surface area contributed by atoms with Crippen LogP contribution < -0.4 is 0 Å². The number of rotatable bonds is 3. The molecule has 0 aliphatic carbocycles.